The largest absolute Gasteiger partial charge is 0.490 e. The molecule has 0 unspecified atom stereocenters. The van der Waals surface area contributed by atoms with Gasteiger partial charge in [0.2, 0.25) is 0 Å². The zero-order valence-electron chi connectivity index (χ0n) is 9.21. The minimum Gasteiger partial charge on any atom is -0.490 e. The van der Waals surface area contributed by atoms with E-state index >= 15 is 0 Å². The minimum absolute atomic E-state index is 0.496. The van der Waals surface area contributed by atoms with Crippen LogP contribution in [0.25, 0.3) is 0 Å². The Bertz CT molecular complexity index is 324. The highest BCUT2D eigenvalue weighted by Gasteiger charge is 2.24. The first-order chi connectivity index (χ1) is 6.66. The molecule has 0 atom stereocenters. The van der Waals surface area contributed by atoms with E-state index in [2.05, 4.69) is 39.0 Å². The van der Waals surface area contributed by atoms with Crippen LogP contribution < -0.4 is 4.74 Å². The molecular formula is C13H18O. The Kier molecular flexibility index (Phi) is 2.49. The third-order valence-corrected chi connectivity index (χ3v) is 2.61. The summed E-state index contributed by atoms with van der Waals surface area (Å²) in [6.45, 7) is 6.57. The molecule has 0 aliphatic heterocycles. The number of benzene rings is 1. The summed E-state index contributed by atoms with van der Waals surface area (Å²) in [5.41, 5.74) is 2.66. The van der Waals surface area contributed by atoms with Crippen molar-refractivity contribution in [2.75, 3.05) is 0 Å². The monoisotopic (exact) mass is 190 g/mol. The lowest BCUT2D eigenvalue weighted by Crippen LogP contribution is -2.01. The van der Waals surface area contributed by atoms with Crippen LogP contribution in [-0.2, 0) is 0 Å². The minimum atomic E-state index is 0.496. The van der Waals surface area contributed by atoms with Gasteiger partial charge in [-0.05, 0) is 37.3 Å². The average molecular weight is 190 g/mol. The predicted octanol–water partition coefficient (Wildman–Crippen LogP) is 3.66. The van der Waals surface area contributed by atoms with Crippen LogP contribution in [0.3, 0.4) is 0 Å². The van der Waals surface area contributed by atoms with Gasteiger partial charge in [0.1, 0.15) is 5.75 Å². The highest BCUT2D eigenvalue weighted by atomic mass is 16.5. The second kappa shape index (κ2) is 3.64. The summed E-state index contributed by atoms with van der Waals surface area (Å²) in [6.07, 6.45) is 2.95. The Morgan fingerprint density at radius 2 is 2.00 bits per heavy atom. The molecule has 1 aromatic carbocycles. The normalized spacial score (nSPS) is 16.0. The van der Waals surface area contributed by atoms with Crippen LogP contribution in [0.5, 0.6) is 5.75 Å². The molecule has 0 radical (unpaired) electrons. The van der Waals surface area contributed by atoms with Crippen molar-refractivity contribution in [1.82, 2.24) is 0 Å². The maximum Gasteiger partial charge on any atom is 0.123 e. The van der Waals surface area contributed by atoms with Crippen LogP contribution in [0, 0.1) is 6.92 Å². The van der Waals surface area contributed by atoms with Crippen molar-refractivity contribution < 1.29 is 4.74 Å². The molecular weight excluding hydrogens is 172 g/mol. The molecule has 14 heavy (non-hydrogen) atoms. The summed E-state index contributed by atoms with van der Waals surface area (Å²) in [7, 11) is 0. The molecule has 0 bridgehead atoms. The molecule has 1 fully saturated rings. The summed E-state index contributed by atoms with van der Waals surface area (Å²) in [4.78, 5) is 0. The predicted molar refractivity (Wildman–Crippen MR) is 58.9 cm³/mol. The Balaban J connectivity index is 2.26. The van der Waals surface area contributed by atoms with Gasteiger partial charge in [0.05, 0.1) is 6.10 Å². The Morgan fingerprint density at radius 3 is 2.57 bits per heavy atom. The highest BCUT2D eigenvalue weighted by Crippen LogP contribution is 2.33. The van der Waals surface area contributed by atoms with Crippen molar-refractivity contribution in [1.29, 1.82) is 0 Å². The summed E-state index contributed by atoms with van der Waals surface area (Å²) >= 11 is 0. The van der Waals surface area contributed by atoms with Crippen molar-refractivity contribution in [3.63, 3.8) is 0 Å². The van der Waals surface area contributed by atoms with Gasteiger partial charge in [-0.1, -0.05) is 31.5 Å². The fourth-order valence-electron chi connectivity index (χ4n) is 1.59. The van der Waals surface area contributed by atoms with E-state index in [9.17, 15) is 0 Å². The van der Waals surface area contributed by atoms with Crippen LogP contribution in [0.4, 0.5) is 0 Å². The summed E-state index contributed by atoms with van der Waals surface area (Å²) < 4.78 is 5.87. The zero-order chi connectivity index (χ0) is 10.1. The summed E-state index contributed by atoms with van der Waals surface area (Å²) in [5.74, 6) is 1.64. The van der Waals surface area contributed by atoms with E-state index in [1.807, 2.05) is 0 Å². The Hall–Kier alpha value is -0.980. The van der Waals surface area contributed by atoms with Crippen LogP contribution >= 0.6 is 0 Å². The van der Waals surface area contributed by atoms with Gasteiger partial charge in [-0.15, -0.1) is 0 Å². The first-order valence-corrected chi connectivity index (χ1v) is 5.44. The lowest BCUT2D eigenvalue weighted by molar-refractivity contribution is 0.299. The topological polar surface area (TPSA) is 9.23 Å². The SMILES string of the molecule is Cc1ccc(OC2CC2)c(C(C)C)c1. The van der Waals surface area contributed by atoms with E-state index in [4.69, 9.17) is 4.74 Å². The van der Waals surface area contributed by atoms with Gasteiger partial charge in [0, 0.05) is 0 Å². The average Bonchev–Trinajstić information content (AvgIpc) is 2.91. The molecule has 76 valence electrons. The van der Waals surface area contributed by atoms with Crippen molar-refractivity contribution in [2.45, 2.75) is 45.6 Å². The van der Waals surface area contributed by atoms with E-state index in [1.54, 1.807) is 0 Å². The molecule has 1 heteroatoms. The number of aryl methyl sites for hydroxylation is 1. The number of hydrogen-bond acceptors (Lipinski definition) is 1. The molecule has 0 aromatic heterocycles. The Labute approximate surface area is 86.1 Å². The van der Waals surface area contributed by atoms with Gasteiger partial charge in [-0.2, -0.15) is 0 Å². The highest BCUT2D eigenvalue weighted by molar-refractivity contribution is 5.39. The van der Waals surface area contributed by atoms with Gasteiger partial charge >= 0.3 is 0 Å². The lowest BCUT2D eigenvalue weighted by atomic mass is 10.00. The number of rotatable bonds is 3. The number of ether oxygens (including phenoxy) is 1. The van der Waals surface area contributed by atoms with E-state index in [-0.39, 0.29) is 0 Å². The van der Waals surface area contributed by atoms with Gasteiger partial charge in [-0.3, -0.25) is 0 Å². The van der Waals surface area contributed by atoms with Crippen molar-refractivity contribution in [3.8, 4) is 5.75 Å². The second-order valence-electron chi connectivity index (χ2n) is 4.51. The molecule has 1 nitrogen and oxygen atoms in total. The molecule has 0 heterocycles. The third-order valence-electron chi connectivity index (χ3n) is 2.61. The quantitative estimate of drug-likeness (QED) is 0.706. The van der Waals surface area contributed by atoms with Gasteiger partial charge in [0.25, 0.3) is 0 Å². The zero-order valence-corrected chi connectivity index (χ0v) is 9.21. The van der Waals surface area contributed by atoms with Gasteiger partial charge < -0.3 is 4.74 Å². The molecule has 0 spiro atoms. The maximum atomic E-state index is 5.87. The van der Waals surface area contributed by atoms with E-state index in [0.29, 0.717) is 12.0 Å². The third kappa shape index (κ3) is 2.09. The molecule has 1 aliphatic carbocycles. The van der Waals surface area contributed by atoms with E-state index < -0.39 is 0 Å². The lowest BCUT2D eigenvalue weighted by Gasteiger charge is -2.14. The van der Waals surface area contributed by atoms with Crippen molar-refractivity contribution in [3.05, 3.63) is 29.3 Å². The van der Waals surface area contributed by atoms with Crippen LogP contribution in [0.15, 0.2) is 18.2 Å². The molecule has 1 saturated carbocycles. The van der Waals surface area contributed by atoms with Crippen LogP contribution in [0.2, 0.25) is 0 Å². The Morgan fingerprint density at radius 1 is 1.29 bits per heavy atom. The molecule has 0 amide bonds. The number of hydrogen-bond donors (Lipinski definition) is 0. The maximum absolute atomic E-state index is 5.87. The van der Waals surface area contributed by atoms with E-state index in [1.165, 1.54) is 24.0 Å². The van der Waals surface area contributed by atoms with Gasteiger partial charge in [0.15, 0.2) is 0 Å². The van der Waals surface area contributed by atoms with Gasteiger partial charge in [-0.25, -0.2) is 0 Å². The van der Waals surface area contributed by atoms with Crippen LogP contribution in [0.1, 0.15) is 43.7 Å². The first kappa shape index (κ1) is 9.57. The molecule has 1 aliphatic rings. The van der Waals surface area contributed by atoms with Crippen LogP contribution in [-0.4, -0.2) is 6.10 Å². The van der Waals surface area contributed by atoms with Crippen molar-refractivity contribution in [2.24, 2.45) is 0 Å². The fourth-order valence-corrected chi connectivity index (χ4v) is 1.59. The standard InChI is InChI=1S/C13H18O/c1-9(2)12-8-10(3)4-7-13(12)14-11-5-6-11/h4,7-9,11H,5-6H2,1-3H3. The summed E-state index contributed by atoms with van der Waals surface area (Å²) in [5, 5.41) is 0. The van der Waals surface area contributed by atoms with E-state index in [0.717, 1.165) is 5.75 Å². The first-order valence-electron chi connectivity index (χ1n) is 5.44. The molecule has 1 aromatic rings. The molecule has 0 N–H and O–H groups in total. The fraction of sp³-hybridized carbons (Fsp3) is 0.538. The smallest absolute Gasteiger partial charge is 0.123 e. The summed E-state index contributed by atoms with van der Waals surface area (Å²) in [6, 6.07) is 6.48. The second-order valence-corrected chi connectivity index (χ2v) is 4.51. The van der Waals surface area contributed by atoms with Crippen molar-refractivity contribution >= 4 is 0 Å². The molecule has 0 saturated heterocycles. The molecule has 2 rings (SSSR count).